The van der Waals surface area contributed by atoms with Gasteiger partial charge in [0.05, 0.1) is 13.2 Å². The highest BCUT2D eigenvalue weighted by Gasteiger charge is 2.10. The second kappa shape index (κ2) is 7.26. The van der Waals surface area contributed by atoms with Crippen LogP contribution in [0.2, 0.25) is 0 Å². The maximum atomic E-state index is 11.9. The molecule has 0 aromatic heterocycles. The Bertz CT molecular complexity index is 456. The average molecular weight is 278 g/mol. The van der Waals surface area contributed by atoms with Crippen molar-refractivity contribution in [2.24, 2.45) is 0 Å². The van der Waals surface area contributed by atoms with Crippen molar-refractivity contribution in [3.63, 3.8) is 0 Å². The molecular weight excluding hydrogens is 256 g/mol. The fourth-order valence-electron chi connectivity index (χ4n) is 2.18. The molecule has 0 saturated carbocycles. The van der Waals surface area contributed by atoms with Crippen molar-refractivity contribution in [1.82, 2.24) is 10.2 Å². The zero-order valence-electron chi connectivity index (χ0n) is 11.9. The summed E-state index contributed by atoms with van der Waals surface area (Å²) in [5, 5.41) is 12.5. The molecule has 1 fully saturated rings. The highest BCUT2D eigenvalue weighted by molar-refractivity contribution is 5.94. The molecule has 0 atom stereocenters. The van der Waals surface area contributed by atoms with Crippen molar-refractivity contribution in [2.45, 2.75) is 13.3 Å². The van der Waals surface area contributed by atoms with Crippen molar-refractivity contribution in [2.75, 3.05) is 39.4 Å². The van der Waals surface area contributed by atoms with Crippen LogP contribution in [0.25, 0.3) is 0 Å². The van der Waals surface area contributed by atoms with Crippen molar-refractivity contribution in [3.8, 4) is 5.75 Å². The van der Waals surface area contributed by atoms with E-state index in [0.29, 0.717) is 12.1 Å². The smallest absolute Gasteiger partial charge is 0.251 e. The minimum Gasteiger partial charge on any atom is -0.508 e. The van der Waals surface area contributed by atoms with Gasteiger partial charge in [0.25, 0.3) is 5.91 Å². The highest BCUT2D eigenvalue weighted by atomic mass is 16.5. The maximum Gasteiger partial charge on any atom is 0.251 e. The van der Waals surface area contributed by atoms with Crippen LogP contribution in [0.3, 0.4) is 0 Å². The van der Waals surface area contributed by atoms with E-state index in [4.69, 9.17) is 4.74 Å². The van der Waals surface area contributed by atoms with Crippen LogP contribution in [0.5, 0.6) is 5.75 Å². The van der Waals surface area contributed by atoms with Crippen LogP contribution < -0.4 is 5.32 Å². The van der Waals surface area contributed by atoms with Gasteiger partial charge in [0.2, 0.25) is 0 Å². The summed E-state index contributed by atoms with van der Waals surface area (Å²) in [6, 6.07) is 4.98. The van der Waals surface area contributed by atoms with Gasteiger partial charge >= 0.3 is 0 Å². The predicted molar refractivity (Wildman–Crippen MR) is 77.1 cm³/mol. The Hall–Kier alpha value is -1.59. The maximum absolute atomic E-state index is 11.9. The van der Waals surface area contributed by atoms with E-state index in [-0.39, 0.29) is 11.7 Å². The number of morpholine rings is 1. The molecule has 0 radical (unpaired) electrons. The second-order valence-electron chi connectivity index (χ2n) is 5.06. The monoisotopic (exact) mass is 278 g/mol. The third-order valence-corrected chi connectivity index (χ3v) is 3.51. The Morgan fingerprint density at radius 3 is 2.85 bits per heavy atom. The molecule has 1 amide bonds. The summed E-state index contributed by atoms with van der Waals surface area (Å²) in [6.07, 6.45) is 0.920. The van der Waals surface area contributed by atoms with Gasteiger partial charge in [-0.15, -0.1) is 0 Å². The lowest BCUT2D eigenvalue weighted by Gasteiger charge is -2.26. The van der Waals surface area contributed by atoms with E-state index in [1.54, 1.807) is 19.1 Å². The summed E-state index contributed by atoms with van der Waals surface area (Å²) in [5.74, 6) is 0.0215. The molecule has 0 spiro atoms. The van der Waals surface area contributed by atoms with Crippen LogP contribution in [-0.2, 0) is 4.74 Å². The molecule has 1 aliphatic rings. The van der Waals surface area contributed by atoms with E-state index in [1.807, 2.05) is 0 Å². The lowest BCUT2D eigenvalue weighted by Crippen LogP contribution is -2.38. The van der Waals surface area contributed by atoms with Gasteiger partial charge in [-0.1, -0.05) is 6.07 Å². The number of carbonyl (C=O) groups is 1. The summed E-state index contributed by atoms with van der Waals surface area (Å²) < 4.78 is 5.29. The Kier molecular flexibility index (Phi) is 5.38. The fraction of sp³-hybridized carbons (Fsp3) is 0.533. The number of rotatable bonds is 5. The minimum atomic E-state index is -0.137. The van der Waals surface area contributed by atoms with Crippen molar-refractivity contribution in [3.05, 3.63) is 29.3 Å². The topological polar surface area (TPSA) is 61.8 Å². The van der Waals surface area contributed by atoms with Crippen LogP contribution >= 0.6 is 0 Å². The van der Waals surface area contributed by atoms with Crippen molar-refractivity contribution < 1.29 is 14.6 Å². The number of amides is 1. The largest absolute Gasteiger partial charge is 0.508 e. The molecule has 1 aliphatic heterocycles. The zero-order valence-corrected chi connectivity index (χ0v) is 11.9. The first-order chi connectivity index (χ1) is 9.66. The summed E-state index contributed by atoms with van der Waals surface area (Å²) in [6.45, 7) is 6.97. The summed E-state index contributed by atoms with van der Waals surface area (Å²) in [4.78, 5) is 14.2. The molecule has 0 unspecified atom stereocenters. The molecule has 110 valence electrons. The van der Waals surface area contributed by atoms with Crippen LogP contribution in [-0.4, -0.2) is 55.3 Å². The van der Waals surface area contributed by atoms with E-state index in [9.17, 15) is 9.90 Å². The number of benzene rings is 1. The summed E-state index contributed by atoms with van der Waals surface area (Å²) >= 11 is 0. The first-order valence-corrected chi connectivity index (χ1v) is 7.05. The molecule has 2 N–H and O–H groups in total. The lowest BCUT2D eigenvalue weighted by molar-refractivity contribution is 0.0374. The SMILES string of the molecule is Cc1ccc(C(=O)NCCCN2CCOCC2)cc1O. The molecule has 1 heterocycles. The van der Waals surface area contributed by atoms with Crippen LogP contribution in [0.1, 0.15) is 22.3 Å². The third-order valence-electron chi connectivity index (χ3n) is 3.51. The molecule has 5 nitrogen and oxygen atoms in total. The zero-order chi connectivity index (χ0) is 14.4. The number of aryl methyl sites for hydroxylation is 1. The van der Waals surface area contributed by atoms with Gasteiger partial charge in [-0.05, 0) is 37.6 Å². The molecule has 1 aromatic rings. The number of carbonyl (C=O) groups excluding carboxylic acids is 1. The van der Waals surface area contributed by atoms with Crippen LogP contribution in [0.15, 0.2) is 18.2 Å². The van der Waals surface area contributed by atoms with Gasteiger partial charge in [-0.2, -0.15) is 0 Å². The van der Waals surface area contributed by atoms with E-state index in [2.05, 4.69) is 10.2 Å². The lowest BCUT2D eigenvalue weighted by atomic mass is 10.1. The van der Waals surface area contributed by atoms with Gasteiger partial charge in [0.1, 0.15) is 5.75 Å². The minimum absolute atomic E-state index is 0.137. The van der Waals surface area contributed by atoms with Gasteiger partial charge in [-0.3, -0.25) is 9.69 Å². The van der Waals surface area contributed by atoms with E-state index >= 15 is 0 Å². The van der Waals surface area contributed by atoms with Crippen molar-refractivity contribution in [1.29, 1.82) is 0 Å². The quantitative estimate of drug-likeness (QED) is 0.793. The van der Waals surface area contributed by atoms with E-state index < -0.39 is 0 Å². The normalized spacial score (nSPS) is 16.1. The number of aromatic hydroxyl groups is 1. The van der Waals surface area contributed by atoms with E-state index in [0.717, 1.165) is 44.8 Å². The number of nitrogens with one attached hydrogen (secondary N) is 1. The Morgan fingerprint density at radius 2 is 2.15 bits per heavy atom. The number of hydrogen-bond acceptors (Lipinski definition) is 4. The number of nitrogens with zero attached hydrogens (tertiary/aromatic N) is 1. The molecule has 5 heteroatoms. The Morgan fingerprint density at radius 1 is 1.40 bits per heavy atom. The molecular formula is C15H22N2O3. The van der Waals surface area contributed by atoms with Crippen LogP contribution in [0.4, 0.5) is 0 Å². The predicted octanol–water partition coefficient (Wildman–Crippen LogP) is 1.15. The average Bonchev–Trinajstić information content (AvgIpc) is 2.47. The summed E-state index contributed by atoms with van der Waals surface area (Å²) in [7, 11) is 0. The molecule has 2 rings (SSSR count). The number of phenols is 1. The van der Waals surface area contributed by atoms with Gasteiger partial charge in [-0.25, -0.2) is 0 Å². The fourth-order valence-corrected chi connectivity index (χ4v) is 2.18. The van der Waals surface area contributed by atoms with Crippen LogP contribution in [0, 0.1) is 6.92 Å². The number of phenolic OH excluding ortho intramolecular Hbond substituents is 1. The van der Waals surface area contributed by atoms with Gasteiger partial charge in [0, 0.05) is 25.2 Å². The molecule has 20 heavy (non-hydrogen) atoms. The third kappa shape index (κ3) is 4.21. The molecule has 0 aliphatic carbocycles. The molecule has 0 bridgehead atoms. The standard InChI is InChI=1S/C15H22N2O3/c1-12-3-4-13(11-14(12)18)15(19)16-5-2-6-17-7-9-20-10-8-17/h3-4,11,18H,2,5-10H2,1H3,(H,16,19). The Balaban J connectivity index is 1.70. The number of ether oxygens (including phenoxy) is 1. The van der Waals surface area contributed by atoms with Gasteiger partial charge in [0.15, 0.2) is 0 Å². The van der Waals surface area contributed by atoms with Gasteiger partial charge < -0.3 is 15.2 Å². The molecule has 1 aromatic carbocycles. The number of hydrogen-bond donors (Lipinski definition) is 2. The second-order valence-corrected chi connectivity index (χ2v) is 5.06. The Labute approximate surface area is 119 Å². The highest BCUT2D eigenvalue weighted by Crippen LogP contribution is 2.17. The van der Waals surface area contributed by atoms with E-state index in [1.165, 1.54) is 6.07 Å². The molecule has 1 saturated heterocycles. The van der Waals surface area contributed by atoms with Crippen molar-refractivity contribution >= 4 is 5.91 Å². The summed E-state index contributed by atoms with van der Waals surface area (Å²) in [5.41, 5.74) is 1.27. The first-order valence-electron chi connectivity index (χ1n) is 7.05. The first kappa shape index (κ1) is 14.8.